The van der Waals surface area contributed by atoms with Crippen LogP contribution in [0.4, 0.5) is 0 Å². The van der Waals surface area contributed by atoms with Crippen molar-refractivity contribution in [2.75, 3.05) is 19.8 Å². The van der Waals surface area contributed by atoms with Crippen molar-refractivity contribution in [1.29, 1.82) is 0 Å². The molecule has 0 aromatic carbocycles. The molecule has 0 saturated carbocycles. The molecule has 1 atom stereocenters. The number of unbranched alkanes of at least 4 members (excludes halogenated alkanes) is 2. The van der Waals surface area contributed by atoms with E-state index < -0.39 is 0 Å². The lowest BCUT2D eigenvalue weighted by atomic mass is 10.3. The van der Waals surface area contributed by atoms with Gasteiger partial charge >= 0.3 is 0 Å². The minimum absolute atomic E-state index is 0.416. The first kappa shape index (κ1) is 8.02. The monoisotopic (exact) mass is 143 g/mol. The van der Waals surface area contributed by atoms with Crippen LogP contribution in [0.1, 0.15) is 19.3 Å². The topological polar surface area (TPSA) is 21.8 Å². The smallest absolute Gasteiger partial charge is 0.104 e. The highest BCUT2D eigenvalue weighted by atomic mass is 16.6. The van der Waals surface area contributed by atoms with Gasteiger partial charge in [0, 0.05) is 6.61 Å². The molecule has 0 amide bonds. The molecule has 2 nitrogen and oxygen atoms in total. The lowest BCUT2D eigenvalue weighted by molar-refractivity contribution is 0.113. The molecule has 59 valence electrons. The highest BCUT2D eigenvalue weighted by molar-refractivity contribution is 4.66. The highest BCUT2D eigenvalue weighted by Gasteiger charge is 2.21. The summed E-state index contributed by atoms with van der Waals surface area (Å²) in [6.45, 7) is 6.31. The van der Waals surface area contributed by atoms with Gasteiger partial charge in [0.2, 0.25) is 0 Å². The van der Waals surface area contributed by atoms with Gasteiger partial charge in [0.1, 0.15) is 6.10 Å². The largest absolute Gasteiger partial charge is 0.379 e. The quantitative estimate of drug-likeness (QED) is 0.414. The van der Waals surface area contributed by atoms with Gasteiger partial charge in [0.05, 0.1) is 13.2 Å². The van der Waals surface area contributed by atoms with Gasteiger partial charge < -0.3 is 9.47 Å². The number of epoxide rings is 1. The lowest BCUT2D eigenvalue weighted by Crippen LogP contribution is -2.02. The van der Waals surface area contributed by atoms with Crippen molar-refractivity contribution in [3.8, 4) is 0 Å². The van der Waals surface area contributed by atoms with E-state index in [-0.39, 0.29) is 0 Å². The predicted octanol–water partition coefficient (Wildman–Crippen LogP) is 1.41. The summed E-state index contributed by atoms with van der Waals surface area (Å²) in [5.74, 6) is 0. The molecule has 1 aliphatic heterocycles. The Kier molecular flexibility index (Phi) is 3.76. The summed E-state index contributed by atoms with van der Waals surface area (Å²) < 4.78 is 10.3. The van der Waals surface area contributed by atoms with Crippen molar-refractivity contribution >= 4 is 0 Å². The van der Waals surface area contributed by atoms with E-state index in [1.807, 2.05) is 0 Å². The maximum absolute atomic E-state index is 5.31. The molecule has 0 N–H and O–H groups in total. The molecule has 0 aliphatic carbocycles. The van der Waals surface area contributed by atoms with E-state index in [0.29, 0.717) is 6.10 Å². The Hall–Kier alpha value is -0.0800. The van der Waals surface area contributed by atoms with Gasteiger partial charge in [-0.25, -0.2) is 0 Å². The molecule has 0 bridgehead atoms. The fraction of sp³-hybridized carbons (Fsp3) is 0.875. The number of ether oxygens (including phenoxy) is 2. The molecule has 0 aromatic heterocycles. The van der Waals surface area contributed by atoms with Crippen LogP contribution in [0, 0.1) is 6.92 Å². The Balaban J connectivity index is 1.68. The molecule has 0 aromatic rings. The molecule has 1 radical (unpaired) electrons. The van der Waals surface area contributed by atoms with Crippen LogP contribution in [-0.4, -0.2) is 25.9 Å². The SMILES string of the molecule is [CH2]CCCCOCC1CO1. The van der Waals surface area contributed by atoms with Crippen molar-refractivity contribution in [3.05, 3.63) is 6.92 Å². The molecule has 1 saturated heterocycles. The summed E-state index contributed by atoms with van der Waals surface area (Å²) in [4.78, 5) is 0. The van der Waals surface area contributed by atoms with Gasteiger partial charge in [0.25, 0.3) is 0 Å². The molecule has 2 heteroatoms. The second-order valence-corrected chi connectivity index (χ2v) is 2.59. The lowest BCUT2D eigenvalue weighted by Gasteiger charge is -1.99. The Bertz CT molecular complexity index is 79.3. The van der Waals surface area contributed by atoms with E-state index in [9.17, 15) is 0 Å². The first-order valence-corrected chi connectivity index (χ1v) is 3.92. The zero-order chi connectivity index (χ0) is 7.23. The maximum Gasteiger partial charge on any atom is 0.104 e. The van der Waals surface area contributed by atoms with Gasteiger partial charge in [-0.2, -0.15) is 0 Å². The van der Waals surface area contributed by atoms with Crippen LogP contribution >= 0.6 is 0 Å². The van der Waals surface area contributed by atoms with E-state index in [1.54, 1.807) is 0 Å². The van der Waals surface area contributed by atoms with Crippen LogP contribution in [-0.2, 0) is 9.47 Å². The van der Waals surface area contributed by atoms with Crippen LogP contribution in [0.5, 0.6) is 0 Å². The third kappa shape index (κ3) is 3.85. The minimum Gasteiger partial charge on any atom is -0.379 e. The van der Waals surface area contributed by atoms with Crippen LogP contribution < -0.4 is 0 Å². The number of rotatable bonds is 6. The average Bonchev–Trinajstić information content (AvgIpc) is 2.71. The fourth-order valence-corrected chi connectivity index (χ4v) is 0.760. The van der Waals surface area contributed by atoms with Crippen molar-refractivity contribution in [3.63, 3.8) is 0 Å². The van der Waals surface area contributed by atoms with Gasteiger partial charge in [-0.3, -0.25) is 0 Å². The van der Waals surface area contributed by atoms with Crippen LogP contribution in [0.25, 0.3) is 0 Å². The summed E-state index contributed by atoms with van der Waals surface area (Å²) in [7, 11) is 0. The molecule has 10 heavy (non-hydrogen) atoms. The highest BCUT2D eigenvalue weighted by Crippen LogP contribution is 2.08. The standard InChI is InChI=1S/C8H15O2/c1-2-3-4-5-9-6-8-7-10-8/h8H,1-7H2. The Morgan fingerprint density at radius 1 is 1.50 bits per heavy atom. The predicted molar refractivity (Wildman–Crippen MR) is 39.8 cm³/mol. The van der Waals surface area contributed by atoms with E-state index in [1.165, 1.54) is 6.42 Å². The van der Waals surface area contributed by atoms with Crippen molar-refractivity contribution in [2.45, 2.75) is 25.4 Å². The van der Waals surface area contributed by atoms with Crippen LogP contribution in [0.3, 0.4) is 0 Å². The third-order valence-corrected chi connectivity index (χ3v) is 1.49. The zero-order valence-corrected chi connectivity index (χ0v) is 6.34. The molecule has 1 aliphatic rings. The van der Waals surface area contributed by atoms with E-state index >= 15 is 0 Å². The van der Waals surface area contributed by atoms with Crippen molar-refractivity contribution < 1.29 is 9.47 Å². The number of hydrogen-bond acceptors (Lipinski definition) is 2. The minimum atomic E-state index is 0.416. The Labute approximate surface area is 62.5 Å². The molecule has 1 unspecified atom stereocenters. The van der Waals surface area contributed by atoms with Gasteiger partial charge in [-0.15, -0.1) is 0 Å². The summed E-state index contributed by atoms with van der Waals surface area (Å²) in [6, 6.07) is 0. The van der Waals surface area contributed by atoms with Gasteiger partial charge in [0.15, 0.2) is 0 Å². The zero-order valence-electron chi connectivity index (χ0n) is 6.34. The first-order valence-electron chi connectivity index (χ1n) is 3.92. The van der Waals surface area contributed by atoms with E-state index in [0.717, 1.165) is 32.7 Å². The number of hydrogen-bond donors (Lipinski definition) is 0. The fourth-order valence-electron chi connectivity index (χ4n) is 0.760. The average molecular weight is 143 g/mol. The molecule has 1 fully saturated rings. The molecular weight excluding hydrogens is 128 g/mol. The van der Waals surface area contributed by atoms with Crippen LogP contribution in [0.2, 0.25) is 0 Å². The van der Waals surface area contributed by atoms with Crippen molar-refractivity contribution in [2.24, 2.45) is 0 Å². The molecule has 1 heterocycles. The Morgan fingerprint density at radius 2 is 2.30 bits per heavy atom. The summed E-state index contributed by atoms with van der Waals surface area (Å²) >= 11 is 0. The molecular formula is C8H15O2. The molecule has 0 spiro atoms. The van der Waals surface area contributed by atoms with E-state index in [2.05, 4.69) is 6.92 Å². The van der Waals surface area contributed by atoms with Gasteiger partial charge in [-0.05, 0) is 6.42 Å². The second-order valence-electron chi connectivity index (χ2n) is 2.59. The molecule has 1 rings (SSSR count). The summed E-state index contributed by atoms with van der Waals surface area (Å²) in [6.07, 6.45) is 3.74. The van der Waals surface area contributed by atoms with Gasteiger partial charge in [-0.1, -0.05) is 19.8 Å². The summed E-state index contributed by atoms with van der Waals surface area (Å²) in [5, 5.41) is 0. The van der Waals surface area contributed by atoms with Crippen molar-refractivity contribution in [1.82, 2.24) is 0 Å². The second kappa shape index (κ2) is 4.69. The normalized spacial score (nSPS) is 23.1. The summed E-state index contributed by atoms with van der Waals surface area (Å²) in [5.41, 5.74) is 0. The third-order valence-electron chi connectivity index (χ3n) is 1.49. The first-order chi connectivity index (χ1) is 4.93. The van der Waals surface area contributed by atoms with E-state index in [4.69, 9.17) is 9.47 Å². The Morgan fingerprint density at radius 3 is 2.90 bits per heavy atom. The van der Waals surface area contributed by atoms with Crippen LogP contribution in [0.15, 0.2) is 0 Å². The maximum atomic E-state index is 5.31.